The molecule has 1 saturated heterocycles. The first-order chi connectivity index (χ1) is 16.7. The Morgan fingerprint density at radius 1 is 1.03 bits per heavy atom. The van der Waals surface area contributed by atoms with E-state index in [-0.39, 0.29) is 49.4 Å². The molecule has 0 aromatic heterocycles. The number of ketones is 1. The Balaban J connectivity index is 1.12. The van der Waals surface area contributed by atoms with Gasteiger partial charge in [0.05, 0.1) is 22.3 Å². The first kappa shape index (κ1) is 26.0. The van der Waals surface area contributed by atoms with Gasteiger partial charge in [0, 0.05) is 24.3 Å². The van der Waals surface area contributed by atoms with Crippen molar-refractivity contribution in [1.82, 2.24) is 16.2 Å². The largest absolute Gasteiger partial charge is 0.368 e. The fourth-order valence-corrected chi connectivity index (χ4v) is 7.12. The van der Waals surface area contributed by atoms with Crippen molar-refractivity contribution in [2.75, 3.05) is 6.61 Å². The number of rotatable bonds is 6. The van der Waals surface area contributed by atoms with E-state index >= 15 is 0 Å². The summed E-state index contributed by atoms with van der Waals surface area (Å²) >= 11 is 11.9. The first-order valence-corrected chi connectivity index (χ1v) is 13.8. The maximum absolute atomic E-state index is 14.1. The van der Waals surface area contributed by atoms with Gasteiger partial charge in [0.15, 0.2) is 0 Å². The van der Waals surface area contributed by atoms with Gasteiger partial charge in [0.2, 0.25) is 5.91 Å². The van der Waals surface area contributed by atoms with Crippen LogP contribution >= 0.6 is 23.2 Å². The van der Waals surface area contributed by atoms with E-state index < -0.39 is 40.3 Å². The SMILES string of the molecule is O=C(COC1CCC(Cl)C(F)C1)NC12CCC(C3NNC(C4CCC(Cl)C(F)C4)O3)(CC1)C(=O)C2. The van der Waals surface area contributed by atoms with Crippen LogP contribution in [0.2, 0.25) is 0 Å². The molecule has 8 unspecified atom stereocenters. The second kappa shape index (κ2) is 10.3. The highest BCUT2D eigenvalue weighted by molar-refractivity contribution is 6.21. The van der Waals surface area contributed by atoms with Crippen LogP contribution in [-0.4, -0.2) is 65.5 Å². The van der Waals surface area contributed by atoms with E-state index in [0.717, 1.165) is 6.42 Å². The number of Topliss-reactive ketones (excluding diaryl/α,β-unsaturated/α-hetero) is 1. The lowest BCUT2D eigenvalue weighted by molar-refractivity contribution is -0.161. The van der Waals surface area contributed by atoms with Crippen molar-refractivity contribution in [3.8, 4) is 0 Å². The van der Waals surface area contributed by atoms with E-state index in [1.54, 1.807) is 0 Å². The van der Waals surface area contributed by atoms with E-state index in [1.807, 2.05) is 0 Å². The molecule has 6 aliphatic rings. The van der Waals surface area contributed by atoms with Crippen LogP contribution in [-0.2, 0) is 19.1 Å². The minimum Gasteiger partial charge on any atom is -0.368 e. The van der Waals surface area contributed by atoms with Crippen molar-refractivity contribution < 1.29 is 27.8 Å². The van der Waals surface area contributed by atoms with E-state index in [1.165, 1.54) is 0 Å². The van der Waals surface area contributed by atoms with Gasteiger partial charge in [0.1, 0.15) is 37.2 Å². The monoisotopic (exact) mass is 537 g/mol. The zero-order valence-electron chi connectivity index (χ0n) is 19.7. The van der Waals surface area contributed by atoms with E-state index in [9.17, 15) is 18.4 Å². The average Bonchev–Trinajstić information content (AvgIpc) is 3.33. The topological polar surface area (TPSA) is 88.7 Å². The lowest BCUT2D eigenvalue weighted by Crippen LogP contribution is -2.65. The summed E-state index contributed by atoms with van der Waals surface area (Å²) in [4.78, 5) is 26.0. The summed E-state index contributed by atoms with van der Waals surface area (Å²) in [5, 5.41) is 2.13. The molecular weight excluding hydrogens is 503 g/mol. The first-order valence-electron chi connectivity index (χ1n) is 12.9. The molecule has 1 amide bonds. The van der Waals surface area contributed by atoms with Crippen molar-refractivity contribution in [1.29, 1.82) is 0 Å². The third-order valence-electron chi connectivity index (χ3n) is 8.96. The molecule has 3 N–H and O–H groups in total. The Morgan fingerprint density at radius 2 is 1.71 bits per heavy atom. The van der Waals surface area contributed by atoms with Crippen molar-refractivity contribution in [3.63, 3.8) is 0 Å². The Kier molecular flexibility index (Phi) is 7.66. The molecule has 2 bridgehead atoms. The molecule has 1 aliphatic heterocycles. The summed E-state index contributed by atoms with van der Waals surface area (Å²) < 4.78 is 39.8. The number of hydrogen-bond donors (Lipinski definition) is 3. The zero-order valence-corrected chi connectivity index (χ0v) is 21.3. The van der Waals surface area contributed by atoms with Crippen LogP contribution in [0.15, 0.2) is 0 Å². The molecule has 6 fully saturated rings. The van der Waals surface area contributed by atoms with E-state index in [2.05, 4.69) is 16.2 Å². The molecule has 8 atom stereocenters. The molecule has 7 nitrogen and oxygen atoms in total. The zero-order chi connectivity index (χ0) is 24.8. The fourth-order valence-electron chi connectivity index (χ4n) is 6.66. The lowest BCUT2D eigenvalue weighted by Gasteiger charge is -2.53. The summed E-state index contributed by atoms with van der Waals surface area (Å²) in [6.07, 6.45) is 2.58. The Hall–Kier alpha value is -0.580. The van der Waals surface area contributed by atoms with Gasteiger partial charge in [0.25, 0.3) is 0 Å². The van der Waals surface area contributed by atoms with E-state index in [4.69, 9.17) is 32.7 Å². The predicted octanol–water partition coefficient (Wildman–Crippen LogP) is 3.41. The van der Waals surface area contributed by atoms with E-state index in [0.29, 0.717) is 51.4 Å². The molecule has 35 heavy (non-hydrogen) atoms. The molecular formula is C24H35Cl2F2N3O4. The number of carbonyl (C=O) groups is 2. The summed E-state index contributed by atoms with van der Waals surface area (Å²) in [5.41, 5.74) is 5.09. The second-order valence-electron chi connectivity index (χ2n) is 11.2. The molecule has 0 radical (unpaired) electrons. The highest BCUT2D eigenvalue weighted by atomic mass is 35.5. The quantitative estimate of drug-likeness (QED) is 0.450. The van der Waals surface area contributed by atoms with Crippen LogP contribution in [0.3, 0.4) is 0 Å². The van der Waals surface area contributed by atoms with Gasteiger partial charge in [-0.2, -0.15) is 0 Å². The van der Waals surface area contributed by atoms with Gasteiger partial charge < -0.3 is 14.8 Å². The highest BCUT2D eigenvalue weighted by Crippen LogP contribution is 2.53. The van der Waals surface area contributed by atoms with Gasteiger partial charge >= 0.3 is 0 Å². The number of amides is 1. The maximum Gasteiger partial charge on any atom is 0.246 e. The van der Waals surface area contributed by atoms with Crippen LogP contribution < -0.4 is 16.2 Å². The number of carbonyl (C=O) groups excluding carboxylic acids is 2. The summed E-state index contributed by atoms with van der Waals surface area (Å²) in [5.74, 6) is -0.199. The minimum atomic E-state index is -1.12. The number of hydrogen-bond acceptors (Lipinski definition) is 6. The molecule has 11 heteroatoms. The summed E-state index contributed by atoms with van der Waals surface area (Å²) in [6.45, 7) is -0.148. The lowest BCUT2D eigenvalue weighted by atomic mass is 9.55. The minimum absolute atomic E-state index is 0.00160. The molecule has 1 heterocycles. The Morgan fingerprint density at radius 3 is 2.37 bits per heavy atom. The number of hydrazine groups is 1. The predicted molar refractivity (Wildman–Crippen MR) is 126 cm³/mol. The second-order valence-corrected chi connectivity index (χ2v) is 12.3. The van der Waals surface area contributed by atoms with Crippen molar-refractivity contribution >= 4 is 34.9 Å². The van der Waals surface area contributed by atoms with Crippen LogP contribution in [0.4, 0.5) is 8.78 Å². The highest BCUT2D eigenvalue weighted by Gasteiger charge is 2.60. The van der Waals surface area contributed by atoms with Crippen LogP contribution in [0.5, 0.6) is 0 Å². The van der Waals surface area contributed by atoms with Gasteiger partial charge in [-0.1, -0.05) is 0 Å². The van der Waals surface area contributed by atoms with Gasteiger partial charge in [-0.3, -0.25) is 9.59 Å². The van der Waals surface area contributed by atoms with Crippen molar-refractivity contribution in [2.24, 2.45) is 11.3 Å². The van der Waals surface area contributed by atoms with Gasteiger partial charge in [-0.15, -0.1) is 23.2 Å². The number of ether oxygens (including phenoxy) is 2. The molecule has 5 saturated carbocycles. The summed E-state index contributed by atoms with van der Waals surface area (Å²) in [7, 11) is 0. The molecule has 0 spiro atoms. The number of halogens is 4. The molecule has 5 aliphatic carbocycles. The van der Waals surface area contributed by atoms with Crippen LogP contribution in [0, 0.1) is 11.3 Å². The standard InChI is InChI=1S/C24H35Cl2F2N3O4/c25-15-3-1-13(9-17(15)27)21-30-31-22(35-21)24-7-5-23(6-8-24,11-19(24)32)29-20(33)12-34-14-2-4-16(26)18(28)10-14/h13-18,21-22,30-31H,1-12H2,(H,29,33). The average molecular weight is 538 g/mol. The molecule has 6 rings (SSSR count). The normalized spacial score (nSPS) is 48.2. The smallest absolute Gasteiger partial charge is 0.246 e. The molecule has 0 aromatic rings. The molecule has 198 valence electrons. The Bertz CT molecular complexity index is 816. The van der Waals surface area contributed by atoms with Crippen molar-refractivity contribution in [3.05, 3.63) is 0 Å². The van der Waals surface area contributed by atoms with Gasteiger partial charge in [-0.25, -0.2) is 19.6 Å². The third-order valence-corrected chi connectivity index (χ3v) is 9.94. The fraction of sp³-hybridized carbons (Fsp3) is 0.917. The van der Waals surface area contributed by atoms with Crippen LogP contribution in [0.25, 0.3) is 0 Å². The van der Waals surface area contributed by atoms with Crippen molar-refractivity contribution in [2.45, 2.75) is 118 Å². The number of nitrogens with one attached hydrogen (secondary N) is 3. The maximum atomic E-state index is 14.1. The number of alkyl halides is 4. The third kappa shape index (κ3) is 5.23. The Labute approximate surface area is 214 Å². The summed E-state index contributed by atoms with van der Waals surface area (Å²) in [6, 6.07) is 0. The number of fused-ring (bicyclic) bond motifs is 3. The van der Waals surface area contributed by atoms with Crippen LogP contribution in [0.1, 0.15) is 70.6 Å². The molecule has 0 aromatic carbocycles. The van der Waals surface area contributed by atoms with Gasteiger partial charge in [-0.05, 0) is 57.8 Å².